The van der Waals surface area contributed by atoms with Crippen molar-refractivity contribution < 1.29 is 4.39 Å². The van der Waals surface area contributed by atoms with Crippen LogP contribution in [0.3, 0.4) is 0 Å². The van der Waals surface area contributed by atoms with Crippen molar-refractivity contribution >= 4 is 23.2 Å². The third-order valence-electron chi connectivity index (χ3n) is 2.75. The lowest BCUT2D eigenvalue weighted by Gasteiger charge is -2.14. The minimum absolute atomic E-state index is 0.304. The Labute approximate surface area is 115 Å². The van der Waals surface area contributed by atoms with Crippen LogP contribution in [0.4, 0.5) is 4.39 Å². The lowest BCUT2D eigenvalue weighted by atomic mass is 9.99. The molecule has 1 nitrogen and oxygen atoms in total. The summed E-state index contributed by atoms with van der Waals surface area (Å²) in [6.07, 6.45) is 0.357. The van der Waals surface area contributed by atoms with E-state index in [0.29, 0.717) is 22.0 Å². The first kappa shape index (κ1) is 13.3. The van der Waals surface area contributed by atoms with Gasteiger partial charge in [0.05, 0.1) is 0 Å². The average molecular weight is 284 g/mol. The summed E-state index contributed by atoms with van der Waals surface area (Å²) in [5.74, 6) is -0.304. The summed E-state index contributed by atoms with van der Waals surface area (Å²) in [6, 6.07) is 11.4. The highest BCUT2D eigenvalue weighted by molar-refractivity contribution is 6.31. The van der Waals surface area contributed by atoms with Gasteiger partial charge >= 0.3 is 0 Å². The van der Waals surface area contributed by atoms with E-state index in [1.165, 1.54) is 12.1 Å². The van der Waals surface area contributed by atoms with Crippen LogP contribution in [-0.4, -0.2) is 0 Å². The highest BCUT2D eigenvalue weighted by atomic mass is 35.5. The molecular formula is C14H12Cl2FN. The summed E-state index contributed by atoms with van der Waals surface area (Å²) < 4.78 is 13.6. The van der Waals surface area contributed by atoms with E-state index in [9.17, 15) is 4.39 Å². The Hall–Kier alpha value is -1.09. The first-order valence-corrected chi connectivity index (χ1v) is 6.27. The summed E-state index contributed by atoms with van der Waals surface area (Å²) in [6.45, 7) is 0. The van der Waals surface area contributed by atoms with Gasteiger partial charge in [-0.3, -0.25) is 0 Å². The van der Waals surface area contributed by atoms with Crippen LogP contribution in [0, 0.1) is 5.82 Å². The van der Waals surface area contributed by atoms with Gasteiger partial charge < -0.3 is 5.73 Å². The van der Waals surface area contributed by atoms with Crippen LogP contribution < -0.4 is 5.73 Å². The quantitative estimate of drug-likeness (QED) is 0.889. The summed E-state index contributed by atoms with van der Waals surface area (Å²) >= 11 is 11.9. The fourth-order valence-corrected chi connectivity index (χ4v) is 2.29. The number of hydrogen-bond acceptors (Lipinski definition) is 1. The predicted octanol–water partition coefficient (Wildman–Crippen LogP) is 4.38. The molecule has 0 saturated carbocycles. The van der Waals surface area contributed by atoms with Crippen molar-refractivity contribution in [2.24, 2.45) is 5.73 Å². The standard InChI is InChI=1S/C14H12Cl2FN/c15-10-5-6-13(17)9(7-10)8-14(18)11-3-1-2-4-12(11)16/h1-7,14H,8,18H2. The van der Waals surface area contributed by atoms with Crippen LogP contribution >= 0.6 is 23.2 Å². The zero-order valence-corrected chi connectivity index (χ0v) is 11.0. The second-order valence-electron chi connectivity index (χ2n) is 4.07. The smallest absolute Gasteiger partial charge is 0.126 e. The monoisotopic (exact) mass is 283 g/mol. The van der Waals surface area contributed by atoms with Crippen LogP contribution in [0.15, 0.2) is 42.5 Å². The Morgan fingerprint density at radius 3 is 2.56 bits per heavy atom. The SMILES string of the molecule is NC(Cc1cc(Cl)ccc1F)c1ccccc1Cl. The summed E-state index contributed by atoms with van der Waals surface area (Å²) in [7, 11) is 0. The summed E-state index contributed by atoms with van der Waals surface area (Å²) in [4.78, 5) is 0. The first-order valence-electron chi connectivity index (χ1n) is 5.52. The molecule has 0 aliphatic heterocycles. The first-order chi connectivity index (χ1) is 8.58. The molecule has 0 radical (unpaired) electrons. The number of nitrogens with two attached hydrogens (primary N) is 1. The van der Waals surface area contributed by atoms with E-state index in [-0.39, 0.29) is 11.9 Å². The van der Waals surface area contributed by atoms with E-state index in [2.05, 4.69) is 0 Å². The van der Waals surface area contributed by atoms with Crippen molar-refractivity contribution in [3.8, 4) is 0 Å². The maximum Gasteiger partial charge on any atom is 0.126 e. The Balaban J connectivity index is 2.24. The molecule has 0 bridgehead atoms. The molecule has 2 aromatic rings. The van der Waals surface area contributed by atoms with Crippen LogP contribution in [0.2, 0.25) is 10.0 Å². The van der Waals surface area contributed by atoms with E-state index in [1.54, 1.807) is 12.1 Å². The maximum absolute atomic E-state index is 13.6. The highest BCUT2D eigenvalue weighted by Crippen LogP contribution is 2.25. The van der Waals surface area contributed by atoms with Crippen molar-refractivity contribution in [3.63, 3.8) is 0 Å². The molecule has 0 aromatic heterocycles. The second kappa shape index (κ2) is 5.70. The summed E-state index contributed by atoms with van der Waals surface area (Å²) in [5, 5.41) is 1.09. The molecule has 2 rings (SSSR count). The fraction of sp³-hybridized carbons (Fsp3) is 0.143. The lowest BCUT2D eigenvalue weighted by Crippen LogP contribution is -2.14. The van der Waals surface area contributed by atoms with Gasteiger partial charge in [0.15, 0.2) is 0 Å². The number of rotatable bonds is 3. The van der Waals surface area contributed by atoms with E-state index in [0.717, 1.165) is 5.56 Å². The Bertz CT molecular complexity index is 557. The van der Waals surface area contributed by atoms with Gasteiger partial charge in [0, 0.05) is 16.1 Å². The molecule has 0 aliphatic carbocycles. The van der Waals surface area contributed by atoms with Gasteiger partial charge in [-0.1, -0.05) is 41.4 Å². The predicted molar refractivity (Wildman–Crippen MR) is 73.5 cm³/mol. The molecule has 0 fully saturated rings. The van der Waals surface area contributed by atoms with E-state index in [1.807, 2.05) is 18.2 Å². The minimum Gasteiger partial charge on any atom is -0.324 e. The molecule has 2 N–H and O–H groups in total. The largest absolute Gasteiger partial charge is 0.324 e. The zero-order chi connectivity index (χ0) is 13.1. The van der Waals surface area contributed by atoms with Gasteiger partial charge in [0.25, 0.3) is 0 Å². The van der Waals surface area contributed by atoms with Gasteiger partial charge in [0.1, 0.15) is 5.82 Å². The van der Waals surface area contributed by atoms with E-state index >= 15 is 0 Å². The second-order valence-corrected chi connectivity index (χ2v) is 4.91. The van der Waals surface area contributed by atoms with Gasteiger partial charge in [-0.15, -0.1) is 0 Å². The van der Waals surface area contributed by atoms with Crippen molar-refractivity contribution in [2.45, 2.75) is 12.5 Å². The Morgan fingerprint density at radius 1 is 1.11 bits per heavy atom. The molecule has 0 heterocycles. The molecule has 0 aliphatic rings. The van der Waals surface area contributed by atoms with Gasteiger partial charge in [-0.25, -0.2) is 4.39 Å². The molecule has 18 heavy (non-hydrogen) atoms. The van der Waals surface area contributed by atoms with Crippen LogP contribution in [0.25, 0.3) is 0 Å². The van der Waals surface area contributed by atoms with E-state index < -0.39 is 0 Å². The molecule has 0 spiro atoms. The van der Waals surface area contributed by atoms with Gasteiger partial charge in [0.2, 0.25) is 0 Å². The van der Waals surface area contributed by atoms with Crippen LogP contribution in [0.5, 0.6) is 0 Å². The number of hydrogen-bond donors (Lipinski definition) is 1. The molecule has 2 aromatic carbocycles. The normalized spacial score (nSPS) is 12.4. The van der Waals surface area contributed by atoms with Gasteiger partial charge in [-0.2, -0.15) is 0 Å². The maximum atomic E-state index is 13.6. The average Bonchev–Trinajstić information content (AvgIpc) is 2.34. The number of halogens is 3. The Kier molecular flexibility index (Phi) is 4.23. The molecule has 1 unspecified atom stereocenters. The Morgan fingerprint density at radius 2 is 1.83 bits per heavy atom. The van der Waals surface area contributed by atoms with Crippen LogP contribution in [-0.2, 0) is 6.42 Å². The van der Waals surface area contributed by atoms with E-state index in [4.69, 9.17) is 28.9 Å². The van der Waals surface area contributed by atoms with Crippen molar-refractivity contribution in [2.75, 3.05) is 0 Å². The highest BCUT2D eigenvalue weighted by Gasteiger charge is 2.13. The minimum atomic E-state index is -0.355. The van der Waals surface area contributed by atoms with Crippen molar-refractivity contribution in [1.82, 2.24) is 0 Å². The third-order valence-corrected chi connectivity index (χ3v) is 3.33. The van der Waals surface area contributed by atoms with Crippen molar-refractivity contribution in [1.29, 1.82) is 0 Å². The number of benzene rings is 2. The summed E-state index contributed by atoms with van der Waals surface area (Å²) in [5.41, 5.74) is 7.35. The fourth-order valence-electron chi connectivity index (χ4n) is 1.82. The molecule has 0 saturated heterocycles. The van der Waals surface area contributed by atoms with Crippen molar-refractivity contribution in [3.05, 3.63) is 69.5 Å². The molecule has 4 heteroatoms. The lowest BCUT2D eigenvalue weighted by molar-refractivity contribution is 0.593. The third kappa shape index (κ3) is 3.02. The van der Waals surface area contributed by atoms with Crippen LogP contribution in [0.1, 0.15) is 17.2 Å². The topological polar surface area (TPSA) is 26.0 Å². The molecule has 94 valence electrons. The molecule has 0 amide bonds. The van der Waals surface area contributed by atoms with Gasteiger partial charge in [-0.05, 0) is 41.8 Å². The molecular weight excluding hydrogens is 272 g/mol. The zero-order valence-electron chi connectivity index (χ0n) is 9.54. The molecule has 1 atom stereocenters.